The van der Waals surface area contributed by atoms with Crippen LogP contribution in [0.2, 0.25) is 0 Å². The molecule has 5 rings (SSSR count). The zero-order valence-corrected chi connectivity index (χ0v) is 28.7. The molecule has 0 spiro atoms. The van der Waals surface area contributed by atoms with Crippen LogP contribution in [0.1, 0.15) is 47.5 Å². The van der Waals surface area contributed by atoms with Crippen LogP contribution in [0, 0.1) is 11.8 Å². The van der Waals surface area contributed by atoms with Crippen molar-refractivity contribution in [3.05, 3.63) is 67.3 Å². The van der Waals surface area contributed by atoms with Crippen LogP contribution in [0.3, 0.4) is 0 Å². The molecular weight excluding hydrogens is 628 g/mol. The molecule has 1 aromatic heterocycles. The van der Waals surface area contributed by atoms with E-state index in [1.807, 2.05) is 48.5 Å². The first-order chi connectivity index (χ1) is 23.2. The predicted octanol–water partition coefficient (Wildman–Crippen LogP) is 4.95. The van der Waals surface area contributed by atoms with Gasteiger partial charge in [-0.25, -0.2) is 14.6 Å². The van der Waals surface area contributed by atoms with E-state index in [1.54, 1.807) is 47.8 Å². The third kappa shape index (κ3) is 7.63. The molecule has 1 saturated carbocycles. The second-order valence-corrected chi connectivity index (χ2v) is 13.9. The molecule has 2 aliphatic rings. The number of carbonyl (C=O) groups is 4. The molecule has 1 unspecified atom stereocenters. The Bertz CT molecular complexity index is 1750. The second-order valence-electron chi connectivity index (χ2n) is 13.9. The van der Waals surface area contributed by atoms with Crippen LogP contribution < -0.4 is 20.1 Å². The van der Waals surface area contributed by atoms with Crippen molar-refractivity contribution < 1.29 is 38.5 Å². The smallest absolute Gasteiger partial charge is 0.408 e. The van der Waals surface area contributed by atoms with E-state index in [-0.39, 0.29) is 25.3 Å². The van der Waals surface area contributed by atoms with Gasteiger partial charge in [0.2, 0.25) is 11.8 Å². The number of carbonyl (C=O) groups excluding carboxylic acids is 3. The van der Waals surface area contributed by atoms with E-state index in [9.17, 15) is 24.3 Å². The Morgan fingerprint density at radius 3 is 2.41 bits per heavy atom. The molecule has 12 nitrogen and oxygen atoms in total. The lowest BCUT2D eigenvalue weighted by molar-refractivity contribution is -0.146. The summed E-state index contributed by atoms with van der Waals surface area (Å²) in [5, 5.41) is 16.1. The van der Waals surface area contributed by atoms with E-state index in [4.69, 9.17) is 19.2 Å². The number of carboxylic acids is 1. The number of carboxylic acid groups (broad SMARTS) is 1. The van der Waals surface area contributed by atoms with Gasteiger partial charge in [0.15, 0.2) is 0 Å². The molecule has 0 radical (unpaired) electrons. The normalized spacial score (nSPS) is 22.3. The number of fused-ring (bicyclic) bond motifs is 1. The number of ether oxygens (including phenoxy) is 3. The molecule has 3 aromatic rings. The molecule has 2 fully saturated rings. The molecule has 260 valence electrons. The summed E-state index contributed by atoms with van der Waals surface area (Å²) in [5.41, 5.74) is -0.137. The minimum absolute atomic E-state index is 0.00172. The molecule has 1 aliphatic heterocycles. The van der Waals surface area contributed by atoms with Gasteiger partial charge in [0.1, 0.15) is 40.8 Å². The monoisotopic (exact) mass is 672 g/mol. The van der Waals surface area contributed by atoms with Gasteiger partial charge in [-0.05, 0) is 45.2 Å². The number of aromatic nitrogens is 1. The molecular formula is C37H44N4O8. The van der Waals surface area contributed by atoms with Gasteiger partial charge in [-0.3, -0.25) is 9.59 Å². The Balaban J connectivity index is 1.49. The number of hydrogen-bond donors (Lipinski definition) is 3. The average molecular weight is 673 g/mol. The van der Waals surface area contributed by atoms with Crippen molar-refractivity contribution in [2.75, 3.05) is 13.7 Å². The van der Waals surface area contributed by atoms with E-state index >= 15 is 0 Å². The maximum absolute atomic E-state index is 14.2. The molecule has 2 heterocycles. The number of amides is 3. The zero-order chi connectivity index (χ0) is 35.7. The first kappa shape index (κ1) is 35.2. The van der Waals surface area contributed by atoms with Crippen molar-refractivity contribution in [3.8, 4) is 22.8 Å². The molecule has 0 bridgehead atoms. The van der Waals surface area contributed by atoms with Gasteiger partial charge in [0.05, 0.1) is 24.9 Å². The first-order valence-electron chi connectivity index (χ1n) is 16.3. The van der Waals surface area contributed by atoms with Crippen LogP contribution in [-0.4, -0.2) is 81.8 Å². The molecule has 3 amide bonds. The fourth-order valence-corrected chi connectivity index (χ4v) is 6.16. The van der Waals surface area contributed by atoms with Crippen LogP contribution in [0.5, 0.6) is 11.5 Å². The van der Waals surface area contributed by atoms with Crippen molar-refractivity contribution in [2.45, 2.75) is 76.8 Å². The van der Waals surface area contributed by atoms with Gasteiger partial charge in [0.25, 0.3) is 0 Å². The Morgan fingerprint density at radius 1 is 1.10 bits per heavy atom. The Kier molecular flexibility index (Phi) is 9.89. The minimum atomic E-state index is -1.50. The standard InChI is InChI=1S/C37H44N4O8/c1-8-23-19-37(23,34(44)45)40-32(42)29-17-25(20-41(29)33(43)31(21(2)3)39-35(46)49-36(4,5)6)48-30-18-27(22-12-10-9-11-13-22)38-28-16-24(47-7)14-15-26(28)30/h8-16,18,21,23,25,29,31H,1,17,19-20H2,2-7H3,(H,39,46)(H,40,42)(H,44,45)/t23?,25-,29-,31-,37+/m0/s1. The van der Waals surface area contributed by atoms with Crippen molar-refractivity contribution in [3.63, 3.8) is 0 Å². The van der Waals surface area contributed by atoms with Gasteiger partial charge in [-0.2, -0.15) is 0 Å². The number of alkyl carbamates (subject to hydrolysis) is 1. The molecule has 1 aliphatic carbocycles. The molecule has 1 saturated heterocycles. The van der Waals surface area contributed by atoms with E-state index in [1.165, 1.54) is 11.0 Å². The molecule has 49 heavy (non-hydrogen) atoms. The van der Waals surface area contributed by atoms with Gasteiger partial charge in [-0.15, -0.1) is 6.58 Å². The predicted molar refractivity (Wildman–Crippen MR) is 183 cm³/mol. The summed E-state index contributed by atoms with van der Waals surface area (Å²) < 4.78 is 17.5. The Morgan fingerprint density at radius 2 is 1.82 bits per heavy atom. The SMILES string of the molecule is C=CC1C[C@]1(NC(=O)[C@@H]1C[C@H](Oc2cc(-c3ccccc3)nc3cc(OC)ccc23)CN1C(=O)[C@@H](NC(=O)OC(C)(C)C)C(C)C)C(=O)O. The lowest BCUT2D eigenvalue weighted by Crippen LogP contribution is -2.57. The van der Waals surface area contributed by atoms with Crippen LogP contribution >= 0.6 is 0 Å². The fraction of sp³-hybridized carbons (Fsp3) is 0.432. The third-order valence-electron chi connectivity index (χ3n) is 8.82. The van der Waals surface area contributed by atoms with Crippen molar-refractivity contribution >= 4 is 34.8 Å². The number of nitrogens with zero attached hydrogens (tertiary/aromatic N) is 2. The number of pyridine rings is 1. The molecule has 2 aromatic carbocycles. The van der Waals surface area contributed by atoms with Crippen LogP contribution in [0.4, 0.5) is 4.79 Å². The van der Waals surface area contributed by atoms with Crippen molar-refractivity contribution in [1.29, 1.82) is 0 Å². The largest absolute Gasteiger partial charge is 0.497 e. The highest BCUT2D eigenvalue weighted by Gasteiger charge is 2.61. The van der Waals surface area contributed by atoms with Crippen molar-refractivity contribution in [1.82, 2.24) is 20.5 Å². The highest BCUT2D eigenvalue weighted by molar-refractivity contribution is 5.96. The number of rotatable bonds is 11. The van der Waals surface area contributed by atoms with Crippen LogP contribution in [0.25, 0.3) is 22.2 Å². The summed E-state index contributed by atoms with van der Waals surface area (Å²) in [5.74, 6) is -2.01. The van der Waals surface area contributed by atoms with Gasteiger partial charge in [-0.1, -0.05) is 50.3 Å². The van der Waals surface area contributed by atoms with E-state index in [0.717, 1.165) is 5.56 Å². The maximum atomic E-state index is 14.2. The first-order valence-corrected chi connectivity index (χ1v) is 16.3. The van der Waals surface area contributed by atoms with E-state index in [2.05, 4.69) is 17.2 Å². The van der Waals surface area contributed by atoms with Gasteiger partial charge < -0.3 is 34.9 Å². The Hall–Kier alpha value is -5.13. The number of likely N-dealkylation sites (tertiary alicyclic amines) is 1. The maximum Gasteiger partial charge on any atom is 0.408 e. The summed E-state index contributed by atoms with van der Waals surface area (Å²) >= 11 is 0. The van der Waals surface area contributed by atoms with Gasteiger partial charge in [0, 0.05) is 35.4 Å². The third-order valence-corrected chi connectivity index (χ3v) is 8.82. The number of benzene rings is 2. The average Bonchev–Trinajstić information content (AvgIpc) is 3.61. The summed E-state index contributed by atoms with van der Waals surface area (Å²) in [6.07, 6.45) is 0.341. The number of methoxy groups -OCH3 is 1. The summed E-state index contributed by atoms with van der Waals surface area (Å²) in [6.45, 7) is 12.4. The molecule has 3 N–H and O–H groups in total. The summed E-state index contributed by atoms with van der Waals surface area (Å²) in [4.78, 5) is 59.4. The minimum Gasteiger partial charge on any atom is -0.497 e. The van der Waals surface area contributed by atoms with Crippen LogP contribution in [-0.2, 0) is 19.1 Å². The Labute approximate surface area is 285 Å². The van der Waals surface area contributed by atoms with E-state index in [0.29, 0.717) is 28.1 Å². The van der Waals surface area contributed by atoms with E-state index < -0.39 is 59.1 Å². The highest BCUT2D eigenvalue weighted by atomic mass is 16.6. The van der Waals surface area contributed by atoms with Crippen LogP contribution in [0.15, 0.2) is 67.3 Å². The quantitative estimate of drug-likeness (QED) is 0.240. The lowest BCUT2D eigenvalue weighted by Gasteiger charge is -2.31. The number of hydrogen-bond acceptors (Lipinski definition) is 8. The fourth-order valence-electron chi connectivity index (χ4n) is 6.16. The summed E-state index contributed by atoms with van der Waals surface area (Å²) in [7, 11) is 1.57. The lowest BCUT2D eigenvalue weighted by atomic mass is 10.0. The number of nitrogens with one attached hydrogen (secondary N) is 2. The molecule has 12 heteroatoms. The summed E-state index contributed by atoms with van der Waals surface area (Å²) in [6, 6.07) is 14.8. The van der Waals surface area contributed by atoms with Gasteiger partial charge >= 0.3 is 12.1 Å². The zero-order valence-electron chi connectivity index (χ0n) is 28.7. The topological polar surface area (TPSA) is 156 Å². The highest BCUT2D eigenvalue weighted by Crippen LogP contribution is 2.45. The molecule has 5 atom stereocenters. The number of aliphatic carboxylic acids is 1. The second kappa shape index (κ2) is 13.8. The van der Waals surface area contributed by atoms with Crippen molar-refractivity contribution in [2.24, 2.45) is 11.8 Å².